The number of piperidine rings is 1. The molecule has 2 unspecified atom stereocenters. The molecule has 2 atom stereocenters. The Morgan fingerprint density at radius 1 is 1.35 bits per heavy atom. The number of Topliss-reactive ketones (excluding diaryl/α,β-unsaturated/α-hetero) is 1. The van der Waals surface area contributed by atoms with Gasteiger partial charge in [-0.1, -0.05) is 37.3 Å². The Bertz CT molecular complexity index is 374. The highest BCUT2D eigenvalue weighted by Gasteiger charge is 2.29. The van der Waals surface area contributed by atoms with Crippen molar-refractivity contribution in [3.63, 3.8) is 0 Å². The monoisotopic (exact) mass is 231 g/mol. The van der Waals surface area contributed by atoms with Crippen LogP contribution in [0.1, 0.15) is 44.7 Å². The van der Waals surface area contributed by atoms with Crippen molar-refractivity contribution in [2.24, 2.45) is 0 Å². The highest BCUT2D eigenvalue weighted by Crippen LogP contribution is 2.29. The van der Waals surface area contributed by atoms with Gasteiger partial charge in [-0.25, -0.2) is 0 Å². The van der Waals surface area contributed by atoms with Gasteiger partial charge in [-0.3, -0.25) is 9.69 Å². The number of carbonyl (C=O) groups is 1. The fraction of sp³-hybridized carbons (Fsp3) is 0.533. The van der Waals surface area contributed by atoms with Crippen molar-refractivity contribution in [1.82, 2.24) is 4.90 Å². The van der Waals surface area contributed by atoms with Crippen LogP contribution in [0.3, 0.4) is 0 Å². The number of nitrogens with zero attached hydrogens (tertiary/aromatic N) is 1. The van der Waals surface area contributed by atoms with Crippen LogP contribution < -0.4 is 0 Å². The third-order valence-corrected chi connectivity index (χ3v) is 3.71. The molecule has 0 amide bonds. The first-order chi connectivity index (χ1) is 8.22. The van der Waals surface area contributed by atoms with Crippen LogP contribution in [0.2, 0.25) is 0 Å². The summed E-state index contributed by atoms with van der Waals surface area (Å²) in [7, 11) is 0. The Morgan fingerprint density at radius 3 is 2.65 bits per heavy atom. The van der Waals surface area contributed by atoms with Crippen LogP contribution in [0.4, 0.5) is 0 Å². The number of benzene rings is 1. The second kappa shape index (κ2) is 5.46. The highest BCUT2D eigenvalue weighted by molar-refractivity contribution is 5.79. The molecule has 0 saturated carbocycles. The van der Waals surface area contributed by atoms with Crippen LogP contribution in [-0.4, -0.2) is 23.3 Å². The molecule has 2 rings (SSSR count). The molecule has 0 radical (unpaired) electrons. The van der Waals surface area contributed by atoms with E-state index >= 15 is 0 Å². The molecular weight excluding hydrogens is 210 g/mol. The van der Waals surface area contributed by atoms with Gasteiger partial charge in [0.25, 0.3) is 0 Å². The average Bonchev–Trinajstić information content (AvgIpc) is 2.34. The predicted octanol–water partition coefficient (Wildman–Crippen LogP) is 3.19. The maximum Gasteiger partial charge on any atom is 0.135 e. The zero-order valence-electron chi connectivity index (χ0n) is 10.7. The van der Waals surface area contributed by atoms with Gasteiger partial charge in [0.2, 0.25) is 0 Å². The maximum atomic E-state index is 11.4. The summed E-state index contributed by atoms with van der Waals surface area (Å²) in [4.78, 5) is 13.9. The van der Waals surface area contributed by atoms with Crippen molar-refractivity contribution in [3.8, 4) is 0 Å². The molecule has 1 heterocycles. The molecule has 2 heteroatoms. The summed E-state index contributed by atoms with van der Waals surface area (Å²) in [5, 5.41) is 0. The van der Waals surface area contributed by atoms with Crippen molar-refractivity contribution >= 4 is 5.78 Å². The van der Waals surface area contributed by atoms with Crippen molar-refractivity contribution in [1.29, 1.82) is 0 Å². The number of hydrogen-bond donors (Lipinski definition) is 0. The highest BCUT2D eigenvalue weighted by atomic mass is 16.1. The largest absolute Gasteiger partial charge is 0.300 e. The second-order valence-electron chi connectivity index (χ2n) is 4.91. The first kappa shape index (κ1) is 12.3. The third kappa shape index (κ3) is 2.75. The normalized spacial score (nSPS) is 23.6. The van der Waals surface area contributed by atoms with Crippen LogP contribution in [-0.2, 0) is 4.79 Å². The van der Waals surface area contributed by atoms with Crippen molar-refractivity contribution < 1.29 is 4.79 Å². The van der Waals surface area contributed by atoms with E-state index in [0.29, 0.717) is 30.7 Å². The summed E-state index contributed by atoms with van der Waals surface area (Å²) < 4.78 is 0. The Hall–Kier alpha value is -1.15. The number of rotatable bonds is 3. The van der Waals surface area contributed by atoms with Gasteiger partial charge in [0.1, 0.15) is 5.78 Å². The van der Waals surface area contributed by atoms with E-state index in [1.807, 2.05) is 0 Å². The first-order valence-electron chi connectivity index (χ1n) is 6.54. The predicted molar refractivity (Wildman–Crippen MR) is 69.9 cm³/mol. The van der Waals surface area contributed by atoms with Crippen molar-refractivity contribution in [3.05, 3.63) is 35.9 Å². The van der Waals surface area contributed by atoms with Crippen LogP contribution in [0, 0.1) is 0 Å². The fourth-order valence-electron chi connectivity index (χ4n) is 2.82. The van der Waals surface area contributed by atoms with Gasteiger partial charge in [-0.15, -0.1) is 0 Å². The second-order valence-corrected chi connectivity index (χ2v) is 4.91. The minimum atomic E-state index is 0.376. The van der Waals surface area contributed by atoms with Crippen LogP contribution >= 0.6 is 0 Å². The van der Waals surface area contributed by atoms with E-state index in [2.05, 4.69) is 49.1 Å². The number of carbonyl (C=O) groups excluding carboxylic acids is 1. The Kier molecular flexibility index (Phi) is 3.95. The standard InChI is InChI=1S/C15H21NO/c1-3-15(13-7-5-4-6-8-13)16-10-9-14(17)11-12(16)2/h4-8,12,15H,3,9-11H2,1-2H3. The molecular formula is C15H21NO. The lowest BCUT2D eigenvalue weighted by atomic mass is 9.95. The maximum absolute atomic E-state index is 11.4. The molecule has 0 aliphatic carbocycles. The van der Waals surface area contributed by atoms with Gasteiger partial charge in [-0.05, 0) is 18.9 Å². The molecule has 0 aromatic heterocycles. The Morgan fingerprint density at radius 2 is 2.06 bits per heavy atom. The number of ketones is 1. The molecule has 1 aromatic carbocycles. The molecule has 1 aliphatic rings. The quantitative estimate of drug-likeness (QED) is 0.796. The summed E-state index contributed by atoms with van der Waals surface area (Å²) in [6, 6.07) is 11.5. The zero-order valence-corrected chi connectivity index (χ0v) is 10.7. The van der Waals surface area contributed by atoms with Crippen LogP contribution in [0.15, 0.2) is 30.3 Å². The van der Waals surface area contributed by atoms with Crippen molar-refractivity contribution in [2.75, 3.05) is 6.54 Å². The molecule has 0 N–H and O–H groups in total. The van der Waals surface area contributed by atoms with E-state index in [-0.39, 0.29) is 0 Å². The fourth-order valence-corrected chi connectivity index (χ4v) is 2.82. The Balaban J connectivity index is 2.16. The molecule has 1 aliphatic heterocycles. The molecule has 92 valence electrons. The molecule has 1 saturated heterocycles. The topological polar surface area (TPSA) is 20.3 Å². The van der Waals surface area contributed by atoms with Gasteiger partial charge in [0.15, 0.2) is 0 Å². The molecule has 0 bridgehead atoms. The van der Waals surface area contributed by atoms with Gasteiger partial charge >= 0.3 is 0 Å². The lowest BCUT2D eigenvalue weighted by Crippen LogP contribution is -2.43. The lowest BCUT2D eigenvalue weighted by molar-refractivity contribution is -0.123. The minimum absolute atomic E-state index is 0.376. The molecule has 1 aromatic rings. The zero-order chi connectivity index (χ0) is 12.3. The van der Waals surface area contributed by atoms with E-state index in [0.717, 1.165) is 13.0 Å². The van der Waals surface area contributed by atoms with Crippen LogP contribution in [0.5, 0.6) is 0 Å². The van der Waals surface area contributed by atoms with Gasteiger partial charge in [0, 0.05) is 31.5 Å². The SMILES string of the molecule is CCC(c1ccccc1)N1CCC(=O)CC1C. The smallest absolute Gasteiger partial charge is 0.135 e. The summed E-state index contributed by atoms with van der Waals surface area (Å²) in [6.45, 7) is 5.30. The van der Waals surface area contributed by atoms with E-state index in [4.69, 9.17) is 0 Å². The summed E-state index contributed by atoms with van der Waals surface area (Å²) in [6.07, 6.45) is 2.53. The Labute approximate surface area is 104 Å². The van der Waals surface area contributed by atoms with Gasteiger partial charge < -0.3 is 0 Å². The summed E-state index contributed by atoms with van der Waals surface area (Å²) >= 11 is 0. The van der Waals surface area contributed by atoms with Crippen molar-refractivity contribution in [2.45, 2.75) is 45.2 Å². The molecule has 2 nitrogen and oxygen atoms in total. The molecule has 17 heavy (non-hydrogen) atoms. The van der Waals surface area contributed by atoms with E-state index in [1.54, 1.807) is 0 Å². The van der Waals surface area contributed by atoms with E-state index < -0.39 is 0 Å². The van der Waals surface area contributed by atoms with E-state index in [1.165, 1.54) is 5.56 Å². The first-order valence-corrected chi connectivity index (χ1v) is 6.54. The van der Waals surface area contributed by atoms with Crippen LogP contribution in [0.25, 0.3) is 0 Å². The minimum Gasteiger partial charge on any atom is -0.300 e. The number of likely N-dealkylation sites (tertiary alicyclic amines) is 1. The average molecular weight is 231 g/mol. The molecule has 1 fully saturated rings. The summed E-state index contributed by atoms with van der Waals surface area (Å²) in [5.74, 6) is 0.414. The van der Waals surface area contributed by atoms with E-state index in [9.17, 15) is 4.79 Å². The van der Waals surface area contributed by atoms with Gasteiger partial charge in [-0.2, -0.15) is 0 Å². The number of hydrogen-bond acceptors (Lipinski definition) is 2. The molecule has 0 spiro atoms. The van der Waals surface area contributed by atoms with Gasteiger partial charge in [0.05, 0.1) is 0 Å². The summed E-state index contributed by atoms with van der Waals surface area (Å²) in [5.41, 5.74) is 1.37. The lowest BCUT2D eigenvalue weighted by Gasteiger charge is -2.39. The third-order valence-electron chi connectivity index (χ3n) is 3.71.